The van der Waals surface area contributed by atoms with Crippen molar-refractivity contribution in [2.45, 2.75) is 13.5 Å². The van der Waals surface area contributed by atoms with Gasteiger partial charge < -0.3 is 5.11 Å². The molecule has 134 valence electrons. The second-order valence-corrected chi connectivity index (χ2v) is 5.68. The maximum absolute atomic E-state index is 12.2. The van der Waals surface area contributed by atoms with E-state index in [2.05, 4.69) is 27.1 Å². The SMILES string of the molecule is C=CCn1c(N/N=C(/C)c2ccc(O)cc2)nc2c1c(=O)[nH]c(=O)n2C. The van der Waals surface area contributed by atoms with Crippen molar-refractivity contribution in [3.63, 3.8) is 0 Å². The molecule has 0 amide bonds. The van der Waals surface area contributed by atoms with Crippen LogP contribution in [0.15, 0.2) is 51.6 Å². The Labute approximate surface area is 147 Å². The highest BCUT2D eigenvalue weighted by Crippen LogP contribution is 2.16. The van der Waals surface area contributed by atoms with Crippen LogP contribution in [0.25, 0.3) is 11.2 Å². The molecule has 0 aliphatic carbocycles. The van der Waals surface area contributed by atoms with Gasteiger partial charge in [0.15, 0.2) is 11.2 Å². The first kappa shape index (κ1) is 17.2. The van der Waals surface area contributed by atoms with Crippen LogP contribution in [0.4, 0.5) is 5.95 Å². The number of hydrogen-bond acceptors (Lipinski definition) is 6. The van der Waals surface area contributed by atoms with Crippen molar-refractivity contribution in [2.75, 3.05) is 5.43 Å². The summed E-state index contributed by atoms with van der Waals surface area (Å²) in [6, 6.07) is 6.60. The van der Waals surface area contributed by atoms with Gasteiger partial charge in [0.1, 0.15) is 5.75 Å². The second kappa shape index (κ2) is 6.71. The van der Waals surface area contributed by atoms with Gasteiger partial charge in [0.25, 0.3) is 5.56 Å². The zero-order chi connectivity index (χ0) is 18.8. The number of anilines is 1. The third-order valence-electron chi connectivity index (χ3n) is 3.93. The van der Waals surface area contributed by atoms with E-state index in [0.29, 0.717) is 18.2 Å². The number of fused-ring (bicyclic) bond motifs is 1. The van der Waals surface area contributed by atoms with Gasteiger partial charge in [0.05, 0.1) is 5.71 Å². The van der Waals surface area contributed by atoms with Gasteiger partial charge in [0, 0.05) is 13.6 Å². The number of phenols is 1. The molecule has 3 N–H and O–H groups in total. The number of hydrogen-bond donors (Lipinski definition) is 3. The normalized spacial score (nSPS) is 11.7. The summed E-state index contributed by atoms with van der Waals surface area (Å²) in [4.78, 5) is 30.6. The van der Waals surface area contributed by atoms with Crippen LogP contribution in [0.5, 0.6) is 5.75 Å². The number of rotatable bonds is 5. The molecule has 0 saturated heterocycles. The minimum Gasteiger partial charge on any atom is -0.508 e. The Kier molecular flexibility index (Phi) is 4.44. The van der Waals surface area contributed by atoms with Crippen LogP contribution in [0, 0.1) is 0 Å². The number of benzene rings is 1. The van der Waals surface area contributed by atoms with Crippen LogP contribution in [-0.2, 0) is 13.6 Å². The monoisotopic (exact) mass is 354 g/mol. The van der Waals surface area contributed by atoms with Crippen molar-refractivity contribution in [1.82, 2.24) is 19.1 Å². The molecule has 3 aromatic rings. The van der Waals surface area contributed by atoms with Gasteiger partial charge in [-0.1, -0.05) is 6.08 Å². The van der Waals surface area contributed by atoms with Crippen molar-refractivity contribution in [3.05, 3.63) is 63.3 Å². The molecule has 0 bridgehead atoms. The van der Waals surface area contributed by atoms with Gasteiger partial charge >= 0.3 is 5.69 Å². The van der Waals surface area contributed by atoms with Crippen molar-refractivity contribution < 1.29 is 5.11 Å². The predicted octanol–water partition coefficient (Wildman–Crippen LogP) is 1.15. The van der Waals surface area contributed by atoms with Gasteiger partial charge in [-0.2, -0.15) is 10.1 Å². The van der Waals surface area contributed by atoms with E-state index in [1.165, 1.54) is 11.6 Å². The molecule has 26 heavy (non-hydrogen) atoms. The largest absolute Gasteiger partial charge is 0.508 e. The minimum absolute atomic E-state index is 0.169. The Balaban J connectivity index is 2.07. The fraction of sp³-hybridized carbons (Fsp3) is 0.176. The predicted molar refractivity (Wildman–Crippen MR) is 99.7 cm³/mol. The van der Waals surface area contributed by atoms with E-state index >= 15 is 0 Å². The molecular weight excluding hydrogens is 336 g/mol. The molecule has 0 radical (unpaired) electrons. The van der Waals surface area contributed by atoms with E-state index in [1.54, 1.807) is 41.8 Å². The van der Waals surface area contributed by atoms with Gasteiger partial charge in [0.2, 0.25) is 5.95 Å². The highest BCUT2D eigenvalue weighted by Gasteiger charge is 2.16. The molecule has 0 aliphatic rings. The summed E-state index contributed by atoms with van der Waals surface area (Å²) >= 11 is 0. The molecule has 0 unspecified atom stereocenters. The number of H-pyrrole nitrogens is 1. The van der Waals surface area contributed by atoms with E-state index in [4.69, 9.17) is 0 Å². The molecule has 1 aromatic carbocycles. The molecule has 9 heteroatoms. The molecule has 0 saturated carbocycles. The van der Waals surface area contributed by atoms with E-state index in [9.17, 15) is 14.7 Å². The summed E-state index contributed by atoms with van der Waals surface area (Å²) in [5.74, 6) is 0.479. The lowest BCUT2D eigenvalue weighted by atomic mass is 10.1. The molecule has 2 heterocycles. The third kappa shape index (κ3) is 3.02. The van der Waals surface area contributed by atoms with Crippen molar-refractivity contribution in [1.29, 1.82) is 0 Å². The topological polar surface area (TPSA) is 117 Å². The average Bonchev–Trinajstić information content (AvgIpc) is 2.98. The number of nitrogens with one attached hydrogen (secondary N) is 2. The molecule has 3 rings (SSSR count). The van der Waals surface area contributed by atoms with Gasteiger partial charge in [-0.05, 0) is 36.8 Å². The number of nitrogens with zero attached hydrogens (tertiary/aromatic N) is 4. The molecule has 9 nitrogen and oxygen atoms in total. The first-order chi connectivity index (χ1) is 12.4. The van der Waals surface area contributed by atoms with Gasteiger partial charge in [-0.15, -0.1) is 6.58 Å². The molecule has 0 fully saturated rings. The maximum atomic E-state index is 12.2. The van der Waals surface area contributed by atoms with E-state index in [0.717, 1.165) is 5.56 Å². The van der Waals surface area contributed by atoms with Crippen LogP contribution < -0.4 is 16.7 Å². The zero-order valence-corrected chi connectivity index (χ0v) is 14.4. The second-order valence-electron chi connectivity index (χ2n) is 5.68. The highest BCUT2D eigenvalue weighted by molar-refractivity contribution is 5.99. The Morgan fingerprint density at radius 2 is 2.08 bits per heavy atom. The van der Waals surface area contributed by atoms with Crippen molar-refractivity contribution in [2.24, 2.45) is 12.1 Å². The van der Waals surface area contributed by atoms with Crippen LogP contribution in [0.2, 0.25) is 0 Å². The smallest absolute Gasteiger partial charge is 0.329 e. The van der Waals surface area contributed by atoms with Gasteiger partial charge in [-0.25, -0.2) is 10.2 Å². The first-order valence-corrected chi connectivity index (χ1v) is 7.82. The minimum atomic E-state index is -0.541. The number of hydrazone groups is 1. The maximum Gasteiger partial charge on any atom is 0.329 e. The fourth-order valence-corrected chi connectivity index (χ4v) is 2.53. The third-order valence-corrected chi connectivity index (χ3v) is 3.93. The lowest BCUT2D eigenvalue weighted by molar-refractivity contribution is 0.475. The average molecular weight is 354 g/mol. The van der Waals surface area contributed by atoms with Crippen LogP contribution >= 0.6 is 0 Å². The number of aromatic amines is 1. The lowest BCUT2D eigenvalue weighted by Crippen LogP contribution is -2.29. The Hall–Kier alpha value is -3.62. The number of aromatic nitrogens is 4. The molecular formula is C17H18N6O3. The number of phenolic OH excluding ortho intramolecular Hbond substituents is 1. The van der Waals surface area contributed by atoms with E-state index in [-0.39, 0.29) is 16.9 Å². The summed E-state index contributed by atoms with van der Waals surface area (Å²) in [5, 5.41) is 13.6. The Morgan fingerprint density at radius 1 is 1.38 bits per heavy atom. The number of aryl methyl sites for hydroxylation is 1. The molecule has 0 atom stereocenters. The highest BCUT2D eigenvalue weighted by atomic mass is 16.3. The Bertz CT molecular complexity index is 1120. The summed E-state index contributed by atoms with van der Waals surface area (Å²) in [6.07, 6.45) is 1.62. The Morgan fingerprint density at radius 3 is 2.73 bits per heavy atom. The quantitative estimate of drug-likeness (QED) is 0.361. The van der Waals surface area contributed by atoms with Crippen LogP contribution in [0.1, 0.15) is 12.5 Å². The van der Waals surface area contributed by atoms with Gasteiger partial charge in [-0.3, -0.25) is 18.9 Å². The standard InChI is InChI=1S/C17H18N6O3/c1-4-9-23-13-14(22(3)17(26)19-15(13)25)18-16(23)21-20-10(2)11-5-7-12(24)8-6-11/h4-8,24H,1,9H2,2-3H3,(H,18,21)(H,19,25,26)/b20-10-. The molecule has 2 aromatic heterocycles. The first-order valence-electron chi connectivity index (χ1n) is 7.82. The van der Waals surface area contributed by atoms with Crippen LogP contribution in [-0.4, -0.2) is 29.9 Å². The summed E-state index contributed by atoms with van der Waals surface area (Å²) < 4.78 is 2.85. The molecule has 0 spiro atoms. The van der Waals surface area contributed by atoms with Crippen molar-refractivity contribution >= 4 is 22.8 Å². The lowest BCUT2D eigenvalue weighted by Gasteiger charge is -2.06. The zero-order valence-electron chi connectivity index (χ0n) is 14.4. The van der Waals surface area contributed by atoms with Crippen molar-refractivity contribution in [3.8, 4) is 5.75 Å². The summed E-state index contributed by atoms with van der Waals surface area (Å²) in [6.45, 7) is 5.79. The summed E-state index contributed by atoms with van der Waals surface area (Å²) in [7, 11) is 1.53. The van der Waals surface area contributed by atoms with E-state index < -0.39 is 11.2 Å². The number of aromatic hydroxyl groups is 1. The van der Waals surface area contributed by atoms with Crippen LogP contribution in [0.3, 0.4) is 0 Å². The van der Waals surface area contributed by atoms with E-state index in [1.807, 2.05) is 0 Å². The number of imidazole rings is 1. The number of allylic oxidation sites excluding steroid dienone is 1. The molecule has 0 aliphatic heterocycles. The fourth-order valence-electron chi connectivity index (χ4n) is 2.53. The summed E-state index contributed by atoms with van der Waals surface area (Å²) in [5.41, 5.74) is 3.75.